The highest BCUT2D eigenvalue weighted by molar-refractivity contribution is 4.90. The zero-order chi connectivity index (χ0) is 21.7. The molecule has 1 atom stereocenters. The van der Waals surface area contributed by atoms with Crippen molar-refractivity contribution in [2.75, 3.05) is 28.4 Å². The fourth-order valence-electron chi connectivity index (χ4n) is 3.60. The molecule has 0 fully saturated rings. The van der Waals surface area contributed by atoms with Crippen LogP contribution in [0.2, 0.25) is 0 Å². The van der Waals surface area contributed by atoms with Crippen LogP contribution in [0.4, 0.5) is 0 Å². The molecule has 4 nitrogen and oxygen atoms in total. The van der Waals surface area contributed by atoms with Crippen LogP contribution < -0.4 is 0 Å². The standard InChI is InChI=1S/C20H42O4.C4H8/c1-7-9-11-13-14-16-18-19(21-3,17-15-12-10-8-2)20(22-4,23-5)24-6;1-3-4-2/h7-18H2,1-6H3;3H,1,4H2,2H3. The van der Waals surface area contributed by atoms with E-state index in [1.165, 1.54) is 51.4 Å². The van der Waals surface area contributed by atoms with Gasteiger partial charge in [-0.25, -0.2) is 0 Å². The highest BCUT2D eigenvalue weighted by atomic mass is 16.9. The molecular weight excluding hydrogens is 352 g/mol. The van der Waals surface area contributed by atoms with Crippen molar-refractivity contribution in [2.45, 2.75) is 116 Å². The van der Waals surface area contributed by atoms with Gasteiger partial charge in [-0.15, -0.1) is 6.58 Å². The van der Waals surface area contributed by atoms with E-state index in [-0.39, 0.29) is 0 Å². The third-order valence-corrected chi connectivity index (χ3v) is 5.41. The molecular formula is C24H50O4. The van der Waals surface area contributed by atoms with Gasteiger partial charge in [0.2, 0.25) is 0 Å². The summed E-state index contributed by atoms with van der Waals surface area (Å²) in [6, 6.07) is 0. The van der Waals surface area contributed by atoms with Gasteiger partial charge >= 0.3 is 5.97 Å². The number of hydrogen-bond donors (Lipinski definition) is 0. The van der Waals surface area contributed by atoms with Crippen molar-refractivity contribution in [1.29, 1.82) is 0 Å². The lowest BCUT2D eigenvalue weighted by atomic mass is 9.86. The molecule has 170 valence electrons. The van der Waals surface area contributed by atoms with Crippen LogP contribution in [0.25, 0.3) is 0 Å². The first kappa shape index (κ1) is 29.8. The van der Waals surface area contributed by atoms with Gasteiger partial charge in [-0.3, -0.25) is 0 Å². The second-order valence-electron chi connectivity index (χ2n) is 7.39. The van der Waals surface area contributed by atoms with Crippen LogP contribution in [0.5, 0.6) is 0 Å². The Bertz CT molecular complexity index is 320. The van der Waals surface area contributed by atoms with Crippen LogP contribution in [0.15, 0.2) is 12.7 Å². The summed E-state index contributed by atoms with van der Waals surface area (Å²) in [5.41, 5.74) is -0.566. The van der Waals surface area contributed by atoms with Gasteiger partial charge in [0, 0.05) is 28.4 Å². The maximum absolute atomic E-state index is 6.01. The molecule has 28 heavy (non-hydrogen) atoms. The molecule has 0 aliphatic heterocycles. The van der Waals surface area contributed by atoms with Crippen LogP contribution in [0.1, 0.15) is 104 Å². The Balaban J connectivity index is 0. The summed E-state index contributed by atoms with van der Waals surface area (Å²) < 4.78 is 23.0. The summed E-state index contributed by atoms with van der Waals surface area (Å²) >= 11 is 0. The summed E-state index contributed by atoms with van der Waals surface area (Å²) in [5, 5.41) is 0. The van der Waals surface area contributed by atoms with E-state index in [2.05, 4.69) is 27.4 Å². The molecule has 1 unspecified atom stereocenters. The van der Waals surface area contributed by atoms with Crippen molar-refractivity contribution >= 4 is 0 Å². The number of allylic oxidation sites excluding steroid dienone is 1. The van der Waals surface area contributed by atoms with E-state index in [4.69, 9.17) is 18.9 Å². The van der Waals surface area contributed by atoms with Gasteiger partial charge in [-0.05, 0) is 19.3 Å². The Hall–Kier alpha value is -0.420. The summed E-state index contributed by atoms with van der Waals surface area (Å²) in [6.07, 6.45) is 17.0. The molecule has 0 bridgehead atoms. The average Bonchev–Trinajstić information content (AvgIpc) is 2.74. The van der Waals surface area contributed by atoms with E-state index in [1.54, 1.807) is 28.4 Å². The molecule has 0 saturated carbocycles. The molecule has 4 heteroatoms. The van der Waals surface area contributed by atoms with Crippen molar-refractivity contribution in [3.63, 3.8) is 0 Å². The molecule has 0 amide bonds. The fourth-order valence-corrected chi connectivity index (χ4v) is 3.60. The Kier molecular flexibility index (Phi) is 21.1. The SMILES string of the molecule is C=CCC.CCCCCCCCC(CCCCCC)(OC)C(OC)(OC)OC. The molecule has 0 aromatic rings. The lowest BCUT2D eigenvalue weighted by molar-refractivity contribution is -0.425. The quantitative estimate of drug-likeness (QED) is 0.137. The molecule has 0 aromatic heterocycles. The van der Waals surface area contributed by atoms with Gasteiger partial charge in [0.15, 0.2) is 0 Å². The summed E-state index contributed by atoms with van der Waals surface area (Å²) in [6.45, 7) is 10.0. The lowest BCUT2D eigenvalue weighted by Gasteiger charge is -2.46. The van der Waals surface area contributed by atoms with E-state index in [0.29, 0.717) is 0 Å². The minimum Gasteiger partial charge on any atom is -0.370 e. The molecule has 0 rings (SSSR count). The first-order valence-electron chi connectivity index (χ1n) is 11.3. The van der Waals surface area contributed by atoms with Crippen molar-refractivity contribution in [3.8, 4) is 0 Å². The van der Waals surface area contributed by atoms with Crippen LogP contribution in [-0.2, 0) is 18.9 Å². The number of rotatable bonds is 18. The lowest BCUT2D eigenvalue weighted by Crippen LogP contribution is -2.59. The Morgan fingerprint density at radius 1 is 0.607 bits per heavy atom. The predicted molar refractivity (Wildman–Crippen MR) is 121 cm³/mol. The summed E-state index contributed by atoms with van der Waals surface area (Å²) in [5.74, 6) is -1.14. The number of unbranched alkanes of at least 4 members (excludes halogenated alkanes) is 8. The van der Waals surface area contributed by atoms with E-state index >= 15 is 0 Å². The number of hydrogen-bond acceptors (Lipinski definition) is 4. The smallest absolute Gasteiger partial charge is 0.313 e. The zero-order valence-electron chi connectivity index (χ0n) is 20.1. The molecule has 0 aromatic carbocycles. The van der Waals surface area contributed by atoms with Gasteiger partial charge in [0.05, 0.1) is 0 Å². The maximum atomic E-state index is 6.01. The highest BCUT2D eigenvalue weighted by Gasteiger charge is 2.53. The topological polar surface area (TPSA) is 36.9 Å². The van der Waals surface area contributed by atoms with Gasteiger partial charge in [-0.1, -0.05) is 91.1 Å². The van der Waals surface area contributed by atoms with Crippen LogP contribution in [0, 0.1) is 0 Å². The monoisotopic (exact) mass is 402 g/mol. The number of ether oxygens (including phenoxy) is 4. The average molecular weight is 403 g/mol. The normalized spacial score (nSPS) is 13.5. The van der Waals surface area contributed by atoms with Gasteiger partial charge in [0.25, 0.3) is 0 Å². The summed E-state index contributed by atoms with van der Waals surface area (Å²) in [4.78, 5) is 0. The Morgan fingerprint density at radius 2 is 0.964 bits per heavy atom. The maximum Gasteiger partial charge on any atom is 0.313 e. The minimum atomic E-state index is -1.14. The fraction of sp³-hybridized carbons (Fsp3) is 0.917. The van der Waals surface area contributed by atoms with E-state index in [9.17, 15) is 0 Å². The van der Waals surface area contributed by atoms with E-state index in [1.807, 2.05) is 6.08 Å². The predicted octanol–water partition coefficient (Wildman–Crippen LogP) is 7.27. The van der Waals surface area contributed by atoms with Crippen LogP contribution in [0.3, 0.4) is 0 Å². The second kappa shape index (κ2) is 19.9. The third kappa shape index (κ3) is 10.9. The van der Waals surface area contributed by atoms with E-state index in [0.717, 1.165) is 32.1 Å². The zero-order valence-corrected chi connectivity index (χ0v) is 20.1. The van der Waals surface area contributed by atoms with Crippen molar-refractivity contribution in [2.24, 2.45) is 0 Å². The Morgan fingerprint density at radius 3 is 1.29 bits per heavy atom. The largest absolute Gasteiger partial charge is 0.370 e. The molecule has 0 saturated heterocycles. The molecule has 0 radical (unpaired) electrons. The Labute approximate surface area is 176 Å². The molecule has 0 aliphatic rings. The first-order chi connectivity index (χ1) is 13.5. The minimum absolute atomic E-state index is 0.566. The highest BCUT2D eigenvalue weighted by Crippen LogP contribution is 2.40. The second-order valence-corrected chi connectivity index (χ2v) is 7.39. The van der Waals surface area contributed by atoms with Crippen molar-refractivity contribution in [3.05, 3.63) is 12.7 Å². The third-order valence-electron chi connectivity index (χ3n) is 5.41. The summed E-state index contributed by atoms with van der Waals surface area (Å²) in [7, 11) is 6.65. The van der Waals surface area contributed by atoms with Crippen LogP contribution >= 0.6 is 0 Å². The van der Waals surface area contributed by atoms with Crippen molar-refractivity contribution < 1.29 is 18.9 Å². The molecule has 0 spiro atoms. The molecule has 0 heterocycles. The van der Waals surface area contributed by atoms with Gasteiger partial charge in [0.1, 0.15) is 5.60 Å². The van der Waals surface area contributed by atoms with E-state index < -0.39 is 11.6 Å². The molecule has 0 aliphatic carbocycles. The molecule has 0 N–H and O–H groups in total. The van der Waals surface area contributed by atoms with Gasteiger partial charge < -0.3 is 18.9 Å². The van der Waals surface area contributed by atoms with Crippen LogP contribution in [-0.4, -0.2) is 40.0 Å². The van der Waals surface area contributed by atoms with Gasteiger partial charge in [-0.2, -0.15) is 0 Å². The van der Waals surface area contributed by atoms with Crippen molar-refractivity contribution in [1.82, 2.24) is 0 Å². The number of methoxy groups -OCH3 is 4. The first-order valence-corrected chi connectivity index (χ1v) is 11.3.